The van der Waals surface area contributed by atoms with E-state index in [4.69, 9.17) is 15.9 Å². The van der Waals surface area contributed by atoms with Gasteiger partial charge in [-0.3, -0.25) is 9.69 Å². The molecule has 1 fully saturated rings. The Hall–Kier alpha value is -1.75. The number of aromatic nitrogens is 1. The lowest BCUT2D eigenvalue weighted by molar-refractivity contribution is 0.0943. The summed E-state index contributed by atoms with van der Waals surface area (Å²) in [5.41, 5.74) is 0.0439. The topological polar surface area (TPSA) is 63.7 Å². The predicted molar refractivity (Wildman–Crippen MR) is 106 cm³/mol. The molecule has 1 amide bonds. The van der Waals surface area contributed by atoms with E-state index >= 15 is 0 Å². The molecule has 8 heteroatoms. The zero-order valence-electron chi connectivity index (χ0n) is 15.4. The average Bonchev–Trinajstić information content (AvgIpc) is 3.21. The molecule has 1 saturated heterocycles. The first kappa shape index (κ1) is 22.3. The van der Waals surface area contributed by atoms with Crippen molar-refractivity contribution in [1.82, 2.24) is 15.2 Å². The number of hydrogen-bond acceptors (Lipinski definition) is 6. The van der Waals surface area contributed by atoms with E-state index in [0.29, 0.717) is 29.9 Å². The summed E-state index contributed by atoms with van der Waals surface area (Å²) >= 11 is 1.21. The number of ether oxygens (including phenoxy) is 2. The summed E-state index contributed by atoms with van der Waals surface area (Å²) in [6.45, 7) is 8.26. The fourth-order valence-corrected chi connectivity index (χ4v) is 2.78. The normalized spacial score (nSPS) is 15.8. The van der Waals surface area contributed by atoms with E-state index in [-0.39, 0.29) is 23.9 Å². The maximum atomic E-state index is 12.0. The number of unbranched alkanes of at least 4 members (excludes halogenated alkanes) is 2. The highest BCUT2D eigenvalue weighted by Gasteiger charge is 2.28. The van der Waals surface area contributed by atoms with Crippen molar-refractivity contribution in [3.63, 3.8) is 0 Å². The van der Waals surface area contributed by atoms with Crippen molar-refractivity contribution in [1.29, 1.82) is 0 Å². The van der Waals surface area contributed by atoms with Gasteiger partial charge in [-0.15, -0.1) is 24.8 Å². The molecule has 0 aliphatic carbocycles. The van der Waals surface area contributed by atoms with Crippen LogP contribution in [-0.2, 0) is 4.74 Å². The molecule has 1 aliphatic heterocycles. The second-order valence-corrected chi connectivity index (χ2v) is 7.74. The van der Waals surface area contributed by atoms with Gasteiger partial charge in [0.15, 0.2) is 0 Å². The summed E-state index contributed by atoms with van der Waals surface area (Å²) in [6.07, 6.45) is 10.8. The number of amides is 1. The van der Waals surface area contributed by atoms with Crippen LogP contribution in [0, 0.1) is 12.3 Å². The van der Waals surface area contributed by atoms with Crippen molar-refractivity contribution in [2.45, 2.75) is 45.6 Å². The number of nitrogens with zero attached hydrogens (tertiary/aromatic N) is 2. The Morgan fingerprint density at radius 1 is 1.54 bits per heavy atom. The van der Waals surface area contributed by atoms with E-state index in [2.05, 4.69) is 41.9 Å². The van der Waals surface area contributed by atoms with E-state index < -0.39 is 0 Å². The van der Waals surface area contributed by atoms with Crippen LogP contribution in [-0.4, -0.2) is 41.2 Å². The zero-order chi connectivity index (χ0) is 18.3. The van der Waals surface area contributed by atoms with Gasteiger partial charge in [-0.05, 0) is 33.6 Å². The van der Waals surface area contributed by atoms with E-state index in [1.807, 2.05) is 0 Å². The molecule has 6 nitrogen and oxygen atoms in total. The van der Waals surface area contributed by atoms with Crippen LogP contribution >= 0.6 is 23.7 Å². The molecular formula is C18H26ClN3O3S. The third kappa shape index (κ3) is 6.87. The molecule has 1 aliphatic rings. The fraction of sp³-hybridized carbons (Fsp3) is 0.556. The smallest absolute Gasteiger partial charge is 0.278 e. The molecule has 2 rings (SSSR count). The number of carbonyl (C=O) groups excluding carboxylic acids is 1. The minimum absolute atomic E-state index is 0. The molecule has 26 heavy (non-hydrogen) atoms. The Balaban J connectivity index is 0.00000338. The van der Waals surface area contributed by atoms with Crippen molar-refractivity contribution in [3.05, 3.63) is 23.1 Å². The second kappa shape index (κ2) is 10.4. The Morgan fingerprint density at radius 3 is 2.96 bits per heavy atom. The minimum atomic E-state index is -0.142. The molecule has 2 heterocycles. The van der Waals surface area contributed by atoms with Gasteiger partial charge in [0.05, 0.1) is 12.7 Å². The quantitative estimate of drug-likeness (QED) is 0.432. The molecule has 0 spiro atoms. The highest BCUT2D eigenvalue weighted by atomic mass is 35.5. The monoisotopic (exact) mass is 399 g/mol. The van der Waals surface area contributed by atoms with Crippen LogP contribution in [0.15, 0.2) is 18.2 Å². The molecule has 1 N–H and O–H groups in total. The lowest BCUT2D eigenvalue weighted by Gasteiger charge is -2.28. The molecular weight excluding hydrogens is 374 g/mol. The van der Waals surface area contributed by atoms with Gasteiger partial charge < -0.3 is 14.8 Å². The Bertz CT molecular complexity index is 661. The Kier molecular flexibility index (Phi) is 8.93. The predicted octanol–water partition coefficient (Wildman–Crippen LogP) is 3.41. The summed E-state index contributed by atoms with van der Waals surface area (Å²) in [5.74, 6) is 3.20. The van der Waals surface area contributed by atoms with Gasteiger partial charge in [-0.1, -0.05) is 11.3 Å². The standard InChI is InChI=1S/C18H25N3O3S.ClH/c1-5-6-7-8-9-19-16(22)15-10-20-17(25-15)23-12-14-11-21(13-24-14)18(2,3)4;/h1,10,12H,6-9,11,13H2,2-4H3,(H,19,22);1H. The molecule has 1 aromatic heterocycles. The second-order valence-electron chi connectivity index (χ2n) is 6.75. The summed E-state index contributed by atoms with van der Waals surface area (Å²) in [4.78, 5) is 18.9. The van der Waals surface area contributed by atoms with Gasteiger partial charge in [-0.25, -0.2) is 4.98 Å². The van der Waals surface area contributed by atoms with Gasteiger partial charge in [0.1, 0.15) is 23.6 Å². The summed E-state index contributed by atoms with van der Waals surface area (Å²) in [6, 6.07) is 0. The van der Waals surface area contributed by atoms with Gasteiger partial charge in [0.25, 0.3) is 11.1 Å². The summed E-state index contributed by atoms with van der Waals surface area (Å²) in [7, 11) is 0. The van der Waals surface area contributed by atoms with Crippen LogP contribution in [0.5, 0.6) is 5.19 Å². The first-order chi connectivity index (χ1) is 11.9. The minimum Gasteiger partial charge on any atom is -0.478 e. The van der Waals surface area contributed by atoms with Crippen LogP contribution in [0.3, 0.4) is 0 Å². The average molecular weight is 400 g/mol. The van der Waals surface area contributed by atoms with Crippen molar-refractivity contribution in [2.24, 2.45) is 0 Å². The number of nitrogens with one attached hydrogen (secondary N) is 1. The molecule has 0 saturated carbocycles. The lowest BCUT2D eigenvalue weighted by Crippen LogP contribution is -2.39. The SMILES string of the molecule is C#CCCCCNC(=O)c1cnc(OC=C2CN(C(C)(C)C)CO2)s1.Cl. The number of terminal acetylenes is 1. The van der Waals surface area contributed by atoms with Crippen LogP contribution < -0.4 is 10.1 Å². The number of carbonyl (C=O) groups is 1. The number of halogens is 1. The zero-order valence-corrected chi connectivity index (χ0v) is 17.0. The first-order valence-electron chi connectivity index (χ1n) is 8.31. The molecule has 0 bridgehead atoms. The van der Waals surface area contributed by atoms with Crippen LogP contribution in [0.2, 0.25) is 0 Å². The Morgan fingerprint density at radius 2 is 2.31 bits per heavy atom. The van der Waals surface area contributed by atoms with Crippen LogP contribution in [0.25, 0.3) is 0 Å². The van der Waals surface area contributed by atoms with E-state index in [0.717, 1.165) is 25.0 Å². The third-order valence-corrected chi connectivity index (χ3v) is 4.62. The van der Waals surface area contributed by atoms with Gasteiger partial charge in [-0.2, -0.15) is 0 Å². The van der Waals surface area contributed by atoms with Gasteiger partial charge in [0, 0.05) is 18.5 Å². The molecule has 0 atom stereocenters. The maximum Gasteiger partial charge on any atom is 0.278 e. The van der Waals surface area contributed by atoms with Gasteiger partial charge in [0.2, 0.25) is 0 Å². The molecule has 1 aromatic rings. The molecule has 144 valence electrons. The third-order valence-electron chi connectivity index (χ3n) is 3.73. The highest BCUT2D eigenvalue weighted by Crippen LogP contribution is 2.24. The van der Waals surface area contributed by atoms with E-state index in [9.17, 15) is 4.79 Å². The number of hydrogen-bond donors (Lipinski definition) is 1. The van der Waals surface area contributed by atoms with E-state index in [1.165, 1.54) is 17.5 Å². The summed E-state index contributed by atoms with van der Waals surface area (Å²) in [5, 5.41) is 3.27. The largest absolute Gasteiger partial charge is 0.478 e. The van der Waals surface area contributed by atoms with Crippen LogP contribution in [0.4, 0.5) is 0 Å². The van der Waals surface area contributed by atoms with Crippen molar-refractivity contribution < 1.29 is 14.3 Å². The van der Waals surface area contributed by atoms with Crippen molar-refractivity contribution in [3.8, 4) is 17.5 Å². The number of rotatable bonds is 7. The van der Waals surface area contributed by atoms with Crippen molar-refractivity contribution in [2.75, 3.05) is 19.8 Å². The molecule has 0 unspecified atom stereocenters. The molecule has 0 radical (unpaired) electrons. The van der Waals surface area contributed by atoms with Crippen molar-refractivity contribution >= 4 is 29.7 Å². The first-order valence-corrected chi connectivity index (χ1v) is 9.13. The lowest BCUT2D eigenvalue weighted by atomic mass is 10.1. The summed E-state index contributed by atoms with van der Waals surface area (Å²) < 4.78 is 11.1. The maximum absolute atomic E-state index is 12.0. The highest BCUT2D eigenvalue weighted by molar-refractivity contribution is 7.15. The fourth-order valence-electron chi connectivity index (χ4n) is 2.12. The van der Waals surface area contributed by atoms with Gasteiger partial charge >= 0.3 is 0 Å². The number of thiazole rings is 1. The Labute approximate surface area is 165 Å². The van der Waals surface area contributed by atoms with Crippen LogP contribution in [0.1, 0.15) is 49.7 Å². The molecule has 0 aromatic carbocycles. The van der Waals surface area contributed by atoms with E-state index in [1.54, 1.807) is 6.26 Å².